The highest BCUT2D eigenvalue weighted by molar-refractivity contribution is 5.94. The van der Waals surface area contributed by atoms with Crippen molar-refractivity contribution in [3.05, 3.63) is 24.3 Å². The maximum atomic E-state index is 12.8. The standard InChI is InChI=1S/C19H26N2O3/c1-2-24-17-9-7-16(8-10-17)21(14-6-13-20)18(22)15-19(23)11-4-3-5-12-19/h7-10,23H,2-6,11-12,14-15H2,1H3. The number of nitrogens with zero attached hydrogens (tertiary/aromatic N) is 2. The number of hydrogen-bond donors (Lipinski definition) is 1. The average molecular weight is 330 g/mol. The second-order valence-corrected chi connectivity index (χ2v) is 6.34. The average Bonchev–Trinajstić information content (AvgIpc) is 2.57. The Labute approximate surface area is 143 Å². The number of benzene rings is 1. The van der Waals surface area contributed by atoms with E-state index in [0.717, 1.165) is 30.7 Å². The molecular formula is C19H26N2O3. The summed E-state index contributed by atoms with van der Waals surface area (Å²) >= 11 is 0. The lowest BCUT2D eigenvalue weighted by Gasteiger charge is -2.33. The van der Waals surface area contributed by atoms with Crippen molar-refractivity contribution < 1.29 is 14.6 Å². The smallest absolute Gasteiger partial charge is 0.229 e. The Morgan fingerprint density at radius 2 is 1.96 bits per heavy atom. The summed E-state index contributed by atoms with van der Waals surface area (Å²) in [7, 11) is 0. The Balaban J connectivity index is 2.11. The van der Waals surface area contributed by atoms with Crippen LogP contribution in [-0.2, 0) is 4.79 Å². The highest BCUT2D eigenvalue weighted by Crippen LogP contribution is 2.32. The maximum absolute atomic E-state index is 12.8. The molecule has 0 heterocycles. The molecule has 2 rings (SSSR count). The molecule has 0 aromatic heterocycles. The minimum Gasteiger partial charge on any atom is -0.494 e. The van der Waals surface area contributed by atoms with Gasteiger partial charge in [-0.15, -0.1) is 0 Å². The molecule has 130 valence electrons. The molecule has 5 nitrogen and oxygen atoms in total. The van der Waals surface area contributed by atoms with Crippen LogP contribution in [0, 0.1) is 11.3 Å². The summed E-state index contributed by atoms with van der Waals surface area (Å²) in [6.45, 7) is 2.84. The number of hydrogen-bond acceptors (Lipinski definition) is 4. The molecular weight excluding hydrogens is 304 g/mol. The zero-order valence-electron chi connectivity index (χ0n) is 14.3. The minimum absolute atomic E-state index is 0.117. The lowest BCUT2D eigenvalue weighted by Crippen LogP contribution is -2.41. The zero-order chi connectivity index (χ0) is 17.4. The first-order valence-electron chi connectivity index (χ1n) is 8.70. The van der Waals surface area contributed by atoms with Crippen LogP contribution in [0.4, 0.5) is 5.69 Å². The number of anilines is 1. The Morgan fingerprint density at radius 3 is 2.54 bits per heavy atom. The molecule has 1 N–H and O–H groups in total. The Morgan fingerprint density at radius 1 is 1.29 bits per heavy atom. The highest BCUT2D eigenvalue weighted by Gasteiger charge is 2.33. The van der Waals surface area contributed by atoms with E-state index >= 15 is 0 Å². The first kappa shape index (κ1) is 18.3. The van der Waals surface area contributed by atoms with E-state index in [1.807, 2.05) is 31.2 Å². The van der Waals surface area contributed by atoms with E-state index in [9.17, 15) is 9.90 Å². The van der Waals surface area contributed by atoms with Crippen molar-refractivity contribution in [3.63, 3.8) is 0 Å². The molecule has 0 radical (unpaired) electrons. The van der Waals surface area contributed by atoms with E-state index in [-0.39, 0.29) is 18.7 Å². The molecule has 1 amide bonds. The van der Waals surface area contributed by atoms with Gasteiger partial charge >= 0.3 is 0 Å². The molecule has 1 saturated carbocycles. The number of carbonyl (C=O) groups is 1. The van der Waals surface area contributed by atoms with Crippen LogP contribution in [0.25, 0.3) is 0 Å². The molecule has 0 bridgehead atoms. The molecule has 1 aromatic carbocycles. The Kier molecular flexibility index (Phi) is 6.62. The summed E-state index contributed by atoms with van der Waals surface area (Å²) in [5.41, 5.74) is -0.163. The summed E-state index contributed by atoms with van der Waals surface area (Å²) in [5.74, 6) is 0.624. The molecule has 1 aliphatic carbocycles. The molecule has 1 fully saturated rings. The largest absolute Gasteiger partial charge is 0.494 e. The number of carbonyl (C=O) groups excluding carboxylic acids is 1. The molecule has 0 aliphatic heterocycles. The van der Waals surface area contributed by atoms with Gasteiger partial charge in [-0.25, -0.2) is 0 Å². The summed E-state index contributed by atoms with van der Waals surface area (Å²) < 4.78 is 5.42. The van der Waals surface area contributed by atoms with Crippen molar-refractivity contribution in [2.24, 2.45) is 0 Å². The van der Waals surface area contributed by atoms with E-state index in [1.165, 1.54) is 0 Å². The van der Waals surface area contributed by atoms with Crippen LogP contribution in [0.1, 0.15) is 51.9 Å². The number of ether oxygens (including phenoxy) is 1. The van der Waals surface area contributed by atoms with E-state index in [2.05, 4.69) is 6.07 Å². The number of rotatable bonds is 7. The van der Waals surface area contributed by atoms with E-state index < -0.39 is 5.60 Å². The highest BCUT2D eigenvalue weighted by atomic mass is 16.5. The summed E-state index contributed by atoms with van der Waals surface area (Å²) in [4.78, 5) is 14.4. The lowest BCUT2D eigenvalue weighted by atomic mass is 9.82. The quantitative estimate of drug-likeness (QED) is 0.831. The second kappa shape index (κ2) is 8.70. The molecule has 24 heavy (non-hydrogen) atoms. The van der Waals surface area contributed by atoms with Gasteiger partial charge in [0.2, 0.25) is 5.91 Å². The monoisotopic (exact) mass is 330 g/mol. The Hall–Kier alpha value is -2.06. The minimum atomic E-state index is -0.897. The van der Waals surface area contributed by atoms with Crippen molar-refractivity contribution in [1.82, 2.24) is 0 Å². The predicted octanol–water partition coefficient (Wildman–Crippen LogP) is 3.42. The number of nitriles is 1. The fraction of sp³-hybridized carbons (Fsp3) is 0.579. The summed E-state index contributed by atoms with van der Waals surface area (Å²) in [6, 6.07) is 9.38. The molecule has 5 heteroatoms. The van der Waals surface area contributed by atoms with Crippen LogP contribution in [0.5, 0.6) is 5.75 Å². The summed E-state index contributed by atoms with van der Waals surface area (Å²) in [5, 5.41) is 19.5. The maximum Gasteiger partial charge on any atom is 0.229 e. The van der Waals surface area contributed by atoms with Gasteiger partial charge in [-0.3, -0.25) is 4.79 Å². The van der Waals surface area contributed by atoms with Crippen LogP contribution in [0.15, 0.2) is 24.3 Å². The fourth-order valence-corrected chi connectivity index (χ4v) is 3.21. The first-order valence-corrected chi connectivity index (χ1v) is 8.70. The van der Waals surface area contributed by atoms with Gasteiger partial charge in [0.15, 0.2) is 0 Å². The van der Waals surface area contributed by atoms with E-state index in [4.69, 9.17) is 10.00 Å². The van der Waals surface area contributed by atoms with E-state index in [0.29, 0.717) is 26.0 Å². The van der Waals surface area contributed by atoms with Gasteiger partial charge in [0.25, 0.3) is 0 Å². The van der Waals surface area contributed by atoms with Crippen LogP contribution in [0.3, 0.4) is 0 Å². The first-order chi connectivity index (χ1) is 11.6. The lowest BCUT2D eigenvalue weighted by molar-refractivity contribution is -0.124. The van der Waals surface area contributed by atoms with Crippen molar-refractivity contribution in [2.45, 2.75) is 57.5 Å². The number of amides is 1. The SMILES string of the molecule is CCOc1ccc(N(CCC#N)C(=O)CC2(O)CCCCC2)cc1. The third-order valence-corrected chi connectivity index (χ3v) is 4.47. The van der Waals surface area contributed by atoms with Crippen molar-refractivity contribution in [1.29, 1.82) is 5.26 Å². The van der Waals surface area contributed by atoms with Crippen LogP contribution < -0.4 is 9.64 Å². The molecule has 0 atom stereocenters. The van der Waals surface area contributed by atoms with Gasteiger partial charge in [-0.1, -0.05) is 19.3 Å². The van der Waals surface area contributed by atoms with E-state index in [1.54, 1.807) is 4.90 Å². The molecule has 1 aromatic rings. The third-order valence-electron chi connectivity index (χ3n) is 4.47. The summed E-state index contributed by atoms with van der Waals surface area (Å²) in [6.07, 6.45) is 4.77. The van der Waals surface area contributed by atoms with Crippen molar-refractivity contribution in [2.75, 3.05) is 18.1 Å². The molecule has 0 unspecified atom stereocenters. The normalized spacial score (nSPS) is 16.2. The van der Waals surface area contributed by atoms with Crippen LogP contribution in [-0.4, -0.2) is 29.8 Å². The molecule has 0 spiro atoms. The van der Waals surface area contributed by atoms with Gasteiger partial charge in [0, 0.05) is 12.2 Å². The zero-order valence-corrected chi connectivity index (χ0v) is 14.3. The van der Waals surface area contributed by atoms with Crippen LogP contribution >= 0.6 is 0 Å². The van der Waals surface area contributed by atoms with Gasteiger partial charge in [0.1, 0.15) is 5.75 Å². The van der Waals surface area contributed by atoms with Gasteiger partial charge < -0.3 is 14.7 Å². The van der Waals surface area contributed by atoms with Crippen molar-refractivity contribution in [3.8, 4) is 11.8 Å². The molecule has 1 aliphatic rings. The number of aliphatic hydroxyl groups is 1. The van der Waals surface area contributed by atoms with Gasteiger partial charge in [-0.2, -0.15) is 5.26 Å². The second-order valence-electron chi connectivity index (χ2n) is 6.34. The van der Waals surface area contributed by atoms with Crippen molar-refractivity contribution >= 4 is 11.6 Å². The fourth-order valence-electron chi connectivity index (χ4n) is 3.21. The Bertz CT molecular complexity index is 571. The molecule has 0 saturated heterocycles. The predicted molar refractivity (Wildman–Crippen MR) is 92.8 cm³/mol. The topological polar surface area (TPSA) is 73.6 Å². The third kappa shape index (κ3) is 4.97. The van der Waals surface area contributed by atoms with Gasteiger partial charge in [0.05, 0.1) is 31.1 Å². The van der Waals surface area contributed by atoms with Gasteiger partial charge in [-0.05, 0) is 44.0 Å². The van der Waals surface area contributed by atoms with Crippen LogP contribution in [0.2, 0.25) is 0 Å².